The van der Waals surface area contributed by atoms with Gasteiger partial charge >= 0.3 is 11.9 Å². The van der Waals surface area contributed by atoms with Crippen LogP contribution in [-0.2, 0) is 19.1 Å². The van der Waals surface area contributed by atoms with Crippen molar-refractivity contribution < 1.29 is 19.1 Å². The molecule has 2 bridgehead atoms. The average molecular weight is 226 g/mol. The summed E-state index contributed by atoms with van der Waals surface area (Å²) in [7, 11) is 0. The molecule has 0 saturated heterocycles. The molecule has 0 aromatic carbocycles. The first-order valence-electron chi connectivity index (χ1n) is 5.89. The van der Waals surface area contributed by atoms with Crippen molar-refractivity contribution in [2.24, 2.45) is 5.92 Å². The molecular weight excluding hydrogens is 208 g/mol. The Balaban J connectivity index is 2.15. The zero-order chi connectivity index (χ0) is 11.8. The zero-order valence-electron chi connectivity index (χ0n) is 9.82. The maximum atomic E-state index is 11.2. The first-order valence-corrected chi connectivity index (χ1v) is 5.89. The van der Waals surface area contributed by atoms with Crippen LogP contribution >= 0.6 is 0 Å². The summed E-state index contributed by atoms with van der Waals surface area (Å²) in [6.07, 6.45) is 4.41. The Morgan fingerprint density at radius 1 is 1.12 bits per heavy atom. The van der Waals surface area contributed by atoms with E-state index in [0.29, 0.717) is 5.92 Å². The molecule has 1 atom stereocenters. The lowest BCUT2D eigenvalue weighted by atomic mass is 9.66. The molecule has 3 rings (SSSR count). The largest absolute Gasteiger partial charge is 0.458 e. The molecule has 3 saturated carbocycles. The smallest absolute Gasteiger partial charge is 0.303 e. The molecule has 4 heteroatoms. The van der Waals surface area contributed by atoms with Gasteiger partial charge in [-0.25, -0.2) is 0 Å². The number of carbonyl (C=O) groups is 2. The van der Waals surface area contributed by atoms with Gasteiger partial charge in [-0.2, -0.15) is 0 Å². The number of esters is 2. The van der Waals surface area contributed by atoms with Gasteiger partial charge in [-0.1, -0.05) is 0 Å². The van der Waals surface area contributed by atoms with Crippen molar-refractivity contribution in [3.8, 4) is 0 Å². The molecule has 16 heavy (non-hydrogen) atoms. The van der Waals surface area contributed by atoms with Gasteiger partial charge in [0, 0.05) is 13.8 Å². The van der Waals surface area contributed by atoms with Gasteiger partial charge in [0.1, 0.15) is 11.7 Å². The summed E-state index contributed by atoms with van der Waals surface area (Å²) in [6, 6.07) is 0. The van der Waals surface area contributed by atoms with Crippen molar-refractivity contribution in [2.45, 2.75) is 57.7 Å². The second-order valence-electron chi connectivity index (χ2n) is 4.94. The molecule has 0 N–H and O–H groups in total. The number of ether oxygens (including phenoxy) is 2. The third-order valence-electron chi connectivity index (χ3n) is 3.74. The van der Waals surface area contributed by atoms with Crippen molar-refractivity contribution in [1.29, 1.82) is 0 Å². The number of hydrogen-bond acceptors (Lipinski definition) is 4. The van der Waals surface area contributed by atoms with Crippen molar-refractivity contribution in [3.05, 3.63) is 0 Å². The van der Waals surface area contributed by atoms with E-state index in [1.165, 1.54) is 13.8 Å². The van der Waals surface area contributed by atoms with E-state index in [0.717, 1.165) is 32.1 Å². The first kappa shape index (κ1) is 11.4. The normalized spacial score (nSPS) is 36.9. The molecule has 0 spiro atoms. The second-order valence-corrected chi connectivity index (χ2v) is 4.94. The van der Waals surface area contributed by atoms with E-state index in [2.05, 4.69) is 0 Å². The summed E-state index contributed by atoms with van der Waals surface area (Å²) < 4.78 is 10.8. The minimum atomic E-state index is -0.535. The van der Waals surface area contributed by atoms with Gasteiger partial charge in [0.2, 0.25) is 0 Å². The van der Waals surface area contributed by atoms with Gasteiger partial charge in [0.05, 0.1) is 0 Å². The fourth-order valence-electron chi connectivity index (χ4n) is 3.05. The quantitative estimate of drug-likeness (QED) is 0.674. The Kier molecular flexibility index (Phi) is 2.91. The van der Waals surface area contributed by atoms with Crippen LogP contribution in [0.5, 0.6) is 0 Å². The van der Waals surface area contributed by atoms with E-state index in [-0.39, 0.29) is 18.0 Å². The molecule has 0 aromatic heterocycles. The fraction of sp³-hybridized carbons (Fsp3) is 0.833. The lowest BCUT2D eigenvalue weighted by molar-refractivity contribution is -0.206. The van der Waals surface area contributed by atoms with Crippen LogP contribution in [0.25, 0.3) is 0 Å². The minimum Gasteiger partial charge on any atom is -0.458 e. The SMILES string of the molecule is CC(=O)OC1CC2CCC1(OC(C)=O)CC2. The highest BCUT2D eigenvalue weighted by Crippen LogP contribution is 2.47. The molecule has 0 radical (unpaired) electrons. The van der Waals surface area contributed by atoms with Crippen LogP contribution in [0.15, 0.2) is 0 Å². The highest BCUT2D eigenvalue weighted by Gasteiger charge is 2.52. The maximum Gasteiger partial charge on any atom is 0.303 e. The topological polar surface area (TPSA) is 52.6 Å². The molecule has 3 aliphatic rings. The Labute approximate surface area is 95.3 Å². The van der Waals surface area contributed by atoms with Crippen LogP contribution in [0.3, 0.4) is 0 Å². The number of carbonyl (C=O) groups excluding carboxylic acids is 2. The van der Waals surface area contributed by atoms with Gasteiger partial charge in [-0.05, 0) is 38.0 Å². The molecule has 4 nitrogen and oxygen atoms in total. The van der Waals surface area contributed by atoms with Crippen molar-refractivity contribution in [3.63, 3.8) is 0 Å². The summed E-state index contributed by atoms with van der Waals surface area (Å²) in [5.74, 6) is 0.0587. The van der Waals surface area contributed by atoms with E-state index in [1.807, 2.05) is 0 Å². The fourth-order valence-corrected chi connectivity index (χ4v) is 3.05. The Morgan fingerprint density at radius 3 is 2.25 bits per heavy atom. The third kappa shape index (κ3) is 2.06. The lowest BCUT2D eigenvalue weighted by Crippen LogP contribution is -2.55. The van der Waals surface area contributed by atoms with Gasteiger partial charge < -0.3 is 9.47 Å². The van der Waals surface area contributed by atoms with E-state index in [4.69, 9.17) is 9.47 Å². The molecule has 0 aromatic rings. The number of rotatable bonds is 2. The van der Waals surface area contributed by atoms with E-state index < -0.39 is 5.60 Å². The second kappa shape index (κ2) is 4.07. The molecule has 3 aliphatic carbocycles. The third-order valence-corrected chi connectivity index (χ3v) is 3.74. The summed E-state index contributed by atoms with van der Waals surface area (Å²) in [6.45, 7) is 2.82. The van der Waals surface area contributed by atoms with Crippen molar-refractivity contribution in [2.75, 3.05) is 0 Å². The van der Waals surface area contributed by atoms with Gasteiger partial charge in [-0.15, -0.1) is 0 Å². The maximum absolute atomic E-state index is 11.2. The van der Waals surface area contributed by atoms with Crippen LogP contribution in [0.2, 0.25) is 0 Å². The Morgan fingerprint density at radius 2 is 1.75 bits per heavy atom. The molecule has 90 valence electrons. The van der Waals surface area contributed by atoms with Crippen LogP contribution in [0, 0.1) is 5.92 Å². The average Bonchev–Trinajstić information content (AvgIpc) is 2.18. The number of hydrogen-bond donors (Lipinski definition) is 0. The van der Waals surface area contributed by atoms with E-state index >= 15 is 0 Å². The van der Waals surface area contributed by atoms with Gasteiger partial charge in [-0.3, -0.25) is 9.59 Å². The van der Waals surface area contributed by atoms with Crippen molar-refractivity contribution in [1.82, 2.24) is 0 Å². The predicted molar refractivity (Wildman–Crippen MR) is 56.6 cm³/mol. The summed E-state index contributed by atoms with van der Waals surface area (Å²) >= 11 is 0. The molecule has 0 amide bonds. The molecule has 0 heterocycles. The minimum absolute atomic E-state index is 0.235. The van der Waals surface area contributed by atoms with Crippen LogP contribution < -0.4 is 0 Å². The first-order chi connectivity index (χ1) is 7.52. The van der Waals surface area contributed by atoms with Gasteiger partial charge in [0.15, 0.2) is 0 Å². The highest BCUT2D eigenvalue weighted by atomic mass is 16.6. The Hall–Kier alpha value is -1.06. The molecule has 1 unspecified atom stereocenters. The monoisotopic (exact) mass is 226 g/mol. The van der Waals surface area contributed by atoms with Crippen LogP contribution in [-0.4, -0.2) is 23.6 Å². The van der Waals surface area contributed by atoms with Crippen molar-refractivity contribution >= 4 is 11.9 Å². The predicted octanol–water partition coefficient (Wildman–Crippen LogP) is 1.81. The molecule has 0 aliphatic heterocycles. The summed E-state index contributed by atoms with van der Waals surface area (Å²) in [4.78, 5) is 22.2. The van der Waals surface area contributed by atoms with Crippen LogP contribution in [0.1, 0.15) is 46.0 Å². The highest BCUT2D eigenvalue weighted by molar-refractivity contribution is 5.68. The number of fused-ring (bicyclic) bond motifs is 3. The standard InChI is InChI=1S/C12H18O4/c1-8(13)15-11-7-10-3-5-12(11,6-4-10)16-9(2)14/h10-11H,3-7H2,1-2H3. The van der Waals surface area contributed by atoms with Gasteiger partial charge in [0.25, 0.3) is 0 Å². The molecular formula is C12H18O4. The summed E-state index contributed by atoms with van der Waals surface area (Å²) in [5, 5.41) is 0. The van der Waals surface area contributed by atoms with Crippen LogP contribution in [0.4, 0.5) is 0 Å². The zero-order valence-corrected chi connectivity index (χ0v) is 9.82. The Bertz CT molecular complexity index is 302. The lowest BCUT2D eigenvalue weighted by Gasteiger charge is -2.49. The van der Waals surface area contributed by atoms with E-state index in [9.17, 15) is 9.59 Å². The molecule has 3 fully saturated rings. The van der Waals surface area contributed by atoms with E-state index in [1.54, 1.807) is 0 Å². The summed E-state index contributed by atoms with van der Waals surface area (Å²) in [5.41, 5.74) is -0.535.